The highest BCUT2D eigenvalue weighted by Gasteiger charge is 2.01. The molecule has 0 aliphatic rings. The van der Waals surface area contributed by atoms with Crippen molar-refractivity contribution in [2.24, 2.45) is 0 Å². The summed E-state index contributed by atoms with van der Waals surface area (Å²) in [6.07, 6.45) is 22.8. The minimum Gasteiger partial charge on any atom is -0.461 e. The van der Waals surface area contributed by atoms with Crippen LogP contribution in [0, 0.1) is 0 Å². The standard InChI is InChI=1S/C25H46O2/c1-5-6-7-8-9-10-11-12-13-14-15-16-20-25(26)27-22-21-24(4)19-17-18-23(2)3/h18,21H,5-17,19-20,22H2,1-4H3/b24-21+. The Morgan fingerprint density at radius 2 is 1.22 bits per heavy atom. The molecule has 0 radical (unpaired) electrons. The highest BCUT2D eigenvalue weighted by Crippen LogP contribution is 2.13. The second kappa shape index (κ2) is 19.7. The van der Waals surface area contributed by atoms with Crippen LogP contribution in [0.5, 0.6) is 0 Å². The van der Waals surface area contributed by atoms with Crippen molar-refractivity contribution in [1.82, 2.24) is 0 Å². The van der Waals surface area contributed by atoms with Crippen LogP contribution < -0.4 is 0 Å². The molecule has 0 N–H and O–H groups in total. The molecule has 0 atom stereocenters. The number of hydrogen-bond donors (Lipinski definition) is 0. The van der Waals surface area contributed by atoms with E-state index in [0.717, 1.165) is 25.7 Å². The maximum absolute atomic E-state index is 11.7. The fraction of sp³-hybridized carbons (Fsp3) is 0.800. The first-order valence-corrected chi connectivity index (χ1v) is 11.5. The van der Waals surface area contributed by atoms with Gasteiger partial charge in [0.05, 0.1) is 0 Å². The Bertz CT molecular complexity index is 403. The van der Waals surface area contributed by atoms with E-state index in [1.54, 1.807) is 0 Å². The van der Waals surface area contributed by atoms with Crippen LogP contribution in [0.2, 0.25) is 0 Å². The molecule has 0 saturated heterocycles. The van der Waals surface area contributed by atoms with E-state index in [2.05, 4.69) is 33.8 Å². The Morgan fingerprint density at radius 1 is 0.704 bits per heavy atom. The molecule has 0 bridgehead atoms. The average molecular weight is 379 g/mol. The Hall–Kier alpha value is -1.05. The largest absolute Gasteiger partial charge is 0.461 e. The summed E-state index contributed by atoms with van der Waals surface area (Å²) in [5, 5.41) is 0. The number of carbonyl (C=O) groups is 1. The van der Waals surface area contributed by atoms with Crippen LogP contribution in [0.15, 0.2) is 23.3 Å². The third-order valence-corrected chi connectivity index (χ3v) is 5.00. The highest BCUT2D eigenvalue weighted by molar-refractivity contribution is 5.69. The predicted octanol–water partition coefficient (Wildman–Crippen LogP) is 8.31. The lowest BCUT2D eigenvalue weighted by Crippen LogP contribution is -2.04. The number of carbonyl (C=O) groups excluding carboxylic acids is 1. The third-order valence-electron chi connectivity index (χ3n) is 5.00. The van der Waals surface area contributed by atoms with Gasteiger partial charge in [0.1, 0.15) is 6.61 Å². The first kappa shape index (κ1) is 26.0. The van der Waals surface area contributed by atoms with Crippen LogP contribution in [0.25, 0.3) is 0 Å². The quantitative estimate of drug-likeness (QED) is 0.136. The molecule has 0 spiro atoms. The first-order chi connectivity index (χ1) is 13.1. The highest BCUT2D eigenvalue weighted by atomic mass is 16.5. The van der Waals surface area contributed by atoms with Gasteiger partial charge in [-0.2, -0.15) is 0 Å². The molecule has 27 heavy (non-hydrogen) atoms. The average Bonchev–Trinajstić information content (AvgIpc) is 2.62. The summed E-state index contributed by atoms with van der Waals surface area (Å²) in [5.74, 6) is -0.0459. The van der Waals surface area contributed by atoms with Gasteiger partial charge in [-0.15, -0.1) is 0 Å². The van der Waals surface area contributed by atoms with Gasteiger partial charge in [0, 0.05) is 6.42 Å². The topological polar surface area (TPSA) is 26.3 Å². The monoisotopic (exact) mass is 378 g/mol. The summed E-state index contributed by atoms with van der Waals surface area (Å²) in [6, 6.07) is 0. The SMILES string of the molecule is CCCCCCCCCCCCCCC(=O)OC/C=C(\C)CCC=C(C)C. The van der Waals surface area contributed by atoms with Crippen LogP contribution in [0.3, 0.4) is 0 Å². The number of rotatable bonds is 18. The molecule has 0 fully saturated rings. The zero-order valence-electron chi connectivity index (χ0n) is 18.8. The van der Waals surface area contributed by atoms with Crippen LogP contribution in [0.1, 0.15) is 124 Å². The van der Waals surface area contributed by atoms with Gasteiger partial charge in [-0.25, -0.2) is 0 Å². The Kier molecular flexibility index (Phi) is 18.9. The molecule has 0 aromatic heterocycles. The maximum atomic E-state index is 11.7. The molecular weight excluding hydrogens is 332 g/mol. The van der Waals surface area contributed by atoms with Crippen molar-refractivity contribution in [3.05, 3.63) is 23.3 Å². The molecule has 0 aromatic rings. The minimum atomic E-state index is -0.0459. The van der Waals surface area contributed by atoms with Crippen LogP contribution in [-0.4, -0.2) is 12.6 Å². The second-order valence-electron chi connectivity index (χ2n) is 8.19. The van der Waals surface area contributed by atoms with E-state index < -0.39 is 0 Å². The van der Waals surface area contributed by atoms with Crippen molar-refractivity contribution < 1.29 is 9.53 Å². The third kappa shape index (κ3) is 21.1. The molecule has 158 valence electrons. The molecule has 2 nitrogen and oxygen atoms in total. The van der Waals surface area contributed by atoms with E-state index >= 15 is 0 Å². The lowest BCUT2D eigenvalue weighted by atomic mass is 10.0. The van der Waals surface area contributed by atoms with Gasteiger partial charge in [-0.05, 0) is 46.1 Å². The van der Waals surface area contributed by atoms with Crippen molar-refractivity contribution in [1.29, 1.82) is 0 Å². The van der Waals surface area contributed by atoms with Gasteiger partial charge < -0.3 is 4.74 Å². The zero-order chi connectivity index (χ0) is 20.2. The van der Waals surface area contributed by atoms with E-state index in [1.807, 2.05) is 6.08 Å². The summed E-state index contributed by atoms with van der Waals surface area (Å²) in [4.78, 5) is 11.7. The Balaban J connectivity index is 3.40. The van der Waals surface area contributed by atoms with E-state index in [4.69, 9.17) is 4.74 Å². The summed E-state index contributed by atoms with van der Waals surface area (Å²) >= 11 is 0. The number of allylic oxidation sites excluding steroid dienone is 3. The van der Waals surface area contributed by atoms with Crippen molar-refractivity contribution >= 4 is 5.97 Å². The Labute approximate surface area is 169 Å². The van der Waals surface area contributed by atoms with Gasteiger partial charge >= 0.3 is 5.97 Å². The fourth-order valence-electron chi connectivity index (χ4n) is 3.15. The summed E-state index contributed by atoms with van der Waals surface area (Å²) in [7, 11) is 0. The van der Waals surface area contributed by atoms with Crippen LogP contribution >= 0.6 is 0 Å². The van der Waals surface area contributed by atoms with Crippen LogP contribution in [-0.2, 0) is 9.53 Å². The molecule has 2 heteroatoms. The van der Waals surface area contributed by atoms with E-state index in [0.29, 0.717) is 13.0 Å². The van der Waals surface area contributed by atoms with Crippen LogP contribution in [0.4, 0.5) is 0 Å². The fourth-order valence-corrected chi connectivity index (χ4v) is 3.15. The van der Waals surface area contributed by atoms with E-state index in [1.165, 1.54) is 75.4 Å². The minimum absolute atomic E-state index is 0.0459. The summed E-state index contributed by atoms with van der Waals surface area (Å²) in [5.41, 5.74) is 2.65. The number of esters is 1. The van der Waals surface area contributed by atoms with Crippen molar-refractivity contribution in [2.75, 3.05) is 6.61 Å². The van der Waals surface area contributed by atoms with Crippen molar-refractivity contribution in [3.63, 3.8) is 0 Å². The van der Waals surface area contributed by atoms with Gasteiger partial charge in [0.15, 0.2) is 0 Å². The van der Waals surface area contributed by atoms with E-state index in [-0.39, 0.29) is 5.97 Å². The molecule has 0 aliphatic heterocycles. The smallest absolute Gasteiger partial charge is 0.306 e. The van der Waals surface area contributed by atoms with Gasteiger partial charge in [0.2, 0.25) is 0 Å². The molecule has 0 aromatic carbocycles. The first-order valence-electron chi connectivity index (χ1n) is 11.5. The predicted molar refractivity (Wildman–Crippen MR) is 119 cm³/mol. The van der Waals surface area contributed by atoms with Crippen molar-refractivity contribution in [3.8, 4) is 0 Å². The summed E-state index contributed by atoms with van der Waals surface area (Å²) < 4.78 is 5.31. The zero-order valence-corrected chi connectivity index (χ0v) is 18.8. The summed E-state index contributed by atoms with van der Waals surface area (Å²) in [6.45, 7) is 9.05. The maximum Gasteiger partial charge on any atom is 0.306 e. The van der Waals surface area contributed by atoms with Gasteiger partial charge in [-0.1, -0.05) is 94.8 Å². The molecule has 0 rings (SSSR count). The normalized spacial score (nSPS) is 11.5. The molecular formula is C25H46O2. The lowest BCUT2D eigenvalue weighted by Gasteiger charge is -2.04. The molecule has 0 heterocycles. The molecule has 0 saturated carbocycles. The Morgan fingerprint density at radius 3 is 1.74 bits per heavy atom. The molecule has 0 unspecified atom stereocenters. The molecule has 0 aliphatic carbocycles. The number of unbranched alkanes of at least 4 members (excludes halogenated alkanes) is 11. The van der Waals surface area contributed by atoms with Gasteiger partial charge in [0.25, 0.3) is 0 Å². The number of ether oxygens (including phenoxy) is 1. The molecule has 0 amide bonds. The second-order valence-corrected chi connectivity index (χ2v) is 8.19. The van der Waals surface area contributed by atoms with Crippen molar-refractivity contribution in [2.45, 2.75) is 124 Å². The van der Waals surface area contributed by atoms with E-state index in [9.17, 15) is 4.79 Å². The number of hydrogen-bond acceptors (Lipinski definition) is 2. The lowest BCUT2D eigenvalue weighted by molar-refractivity contribution is -0.142. The van der Waals surface area contributed by atoms with Gasteiger partial charge in [-0.3, -0.25) is 4.79 Å².